The lowest BCUT2D eigenvalue weighted by Gasteiger charge is -2.32. The fourth-order valence-corrected chi connectivity index (χ4v) is 4.14. The topological polar surface area (TPSA) is 59.7 Å². The summed E-state index contributed by atoms with van der Waals surface area (Å²) in [5.74, 6) is 0.0392. The number of amides is 1. The van der Waals surface area contributed by atoms with Crippen LogP contribution in [0.3, 0.4) is 0 Å². The summed E-state index contributed by atoms with van der Waals surface area (Å²) in [5.41, 5.74) is 4.59. The monoisotopic (exact) mass is 390 g/mol. The number of ether oxygens (including phenoxy) is 1. The van der Waals surface area contributed by atoms with Crippen LogP contribution in [0.5, 0.6) is 0 Å². The molecular formula is C21H18N4O2S. The number of carbonyl (C=O) groups excluding carboxylic acids is 1. The van der Waals surface area contributed by atoms with Gasteiger partial charge in [-0.05, 0) is 23.1 Å². The highest BCUT2D eigenvalue weighted by molar-refractivity contribution is 7.08. The van der Waals surface area contributed by atoms with Crippen LogP contribution in [0.25, 0.3) is 16.6 Å². The Labute approximate surface area is 166 Å². The molecule has 1 saturated heterocycles. The predicted octanol–water partition coefficient (Wildman–Crippen LogP) is 3.67. The lowest BCUT2D eigenvalue weighted by molar-refractivity contribution is -0.0241. The quantitative estimate of drug-likeness (QED) is 0.536. The standard InChI is InChI=1S/C21H18N4O2S/c26-21(17-8-11-28-14-17)24-9-10-27-19(13-24)20-18-7-6-16(12-25(18)23-22-20)15-4-2-1-3-5-15/h1-8,11-12,14,19H,9-10,13H2. The Kier molecular flexibility index (Phi) is 4.38. The summed E-state index contributed by atoms with van der Waals surface area (Å²) in [5, 5.41) is 12.4. The van der Waals surface area contributed by atoms with Crippen molar-refractivity contribution >= 4 is 22.8 Å². The Bertz CT molecular complexity index is 1110. The van der Waals surface area contributed by atoms with Gasteiger partial charge in [0, 0.05) is 23.7 Å². The van der Waals surface area contributed by atoms with E-state index in [1.807, 2.05) is 52.2 Å². The molecule has 1 aliphatic rings. The lowest BCUT2D eigenvalue weighted by Crippen LogP contribution is -2.42. The fourth-order valence-electron chi connectivity index (χ4n) is 3.51. The minimum Gasteiger partial charge on any atom is -0.368 e. The van der Waals surface area contributed by atoms with Crippen LogP contribution in [0, 0.1) is 0 Å². The number of hydrogen-bond donors (Lipinski definition) is 0. The number of hydrogen-bond acceptors (Lipinski definition) is 5. The Morgan fingerprint density at radius 3 is 2.82 bits per heavy atom. The highest BCUT2D eigenvalue weighted by Crippen LogP contribution is 2.27. The number of fused-ring (bicyclic) bond motifs is 1. The molecular weight excluding hydrogens is 372 g/mol. The molecule has 1 aromatic carbocycles. The van der Waals surface area contributed by atoms with E-state index in [-0.39, 0.29) is 12.0 Å². The maximum absolute atomic E-state index is 12.7. The Morgan fingerprint density at radius 2 is 2.00 bits per heavy atom. The van der Waals surface area contributed by atoms with Crippen molar-refractivity contribution in [2.45, 2.75) is 6.10 Å². The minimum atomic E-state index is -0.281. The molecule has 1 unspecified atom stereocenters. The largest absolute Gasteiger partial charge is 0.368 e. The van der Waals surface area contributed by atoms with Crippen molar-refractivity contribution in [3.05, 3.63) is 76.7 Å². The molecule has 0 spiro atoms. The normalized spacial score (nSPS) is 17.1. The molecule has 0 bridgehead atoms. The van der Waals surface area contributed by atoms with Gasteiger partial charge in [0.15, 0.2) is 0 Å². The molecule has 0 aliphatic carbocycles. The first-order valence-electron chi connectivity index (χ1n) is 9.13. The molecule has 1 fully saturated rings. The molecule has 140 valence electrons. The third kappa shape index (κ3) is 3.08. The van der Waals surface area contributed by atoms with Crippen LogP contribution in [0.4, 0.5) is 0 Å². The first-order chi connectivity index (χ1) is 13.8. The molecule has 1 aliphatic heterocycles. The van der Waals surface area contributed by atoms with Crippen LogP contribution in [0.2, 0.25) is 0 Å². The van der Waals surface area contributed by atoms with E-state index in [4.69, 9.17) is 4.74 Å². The van der Waals surface area contributed by atoms with Crippen LogP contribution < -0.4 is 0 Å². The fraction of sp³-hybridized carbons (Fsp3) is 0.190. The minimum absolute atomic E-state index is 0.0392. The summed E-state index contributed by atoms with van der Waals surface area (Å²) >= 11 is 1.53. The number of nitrogens with zero attached hydrogens (tertiary/aromatic N) is 4. The van der Waals surface area contributed by atoms with Crippen LogP contribution in [0.15, 0.2) is 65.5 Å². The number of rotatable bonds is 3. The summed E-state index contributed by atoms with van der Waals surface area (Å²) in [7, 11) is 0. The molecule has 4 aromatic rings. The van der Waals surface area contributed by atoms with Gasteiger partial charge < -0.3 is 9.64 Å². The van der Waals surface area contributed by atoms with Crippen molar-refractivity contribution in [3.8, 4) is 11.1 Å². The molecule has 6 nitrogen and oxygen atoms in total. The van der Waals surface area contributed by atoms with Crippen molar-refractivity contribution < 1.29 is 9.53 Å². The van der Waals surface area contributed by atoms with Gasteiger partial charge in [0.2, 0.25) is 0 Å². The zero-order valence-electron chi connectivity index (χ0n) is 15.1. The van der Waals surface area contributed by atoms with E-state index >= 15 is 0 Å². The zero-order valence-corrected chi connectivity index (χ0v) is 15.9. The molecule has 0 radical (unpaired) electrons. The molecule has 7 heteroatoms. The number of morpholine rings is 1. The number of pyridine rings is 1. The third-order valence-electron chi connectivity index (χ3n) is 4.97. The van der Waals surface area contributed by atoms with Crippen molar-refractivity contribution in [1.82, 2.24) is 19.7 Å². The summed E-state index contributed by atoms with van der Waals surface area (Å²) in [6.07, 6.45) is 1.69. The van der Waals surface area contributed by atoms with Crippen molar-refractivity contribution in [2.24, 2.45) is 0 Å². The van der Waals surface area contributed by atoms with Crippen molar-refractivity contribution in [2.75, 3.05) is 19.7 Å². The van der Waals surface area contributed by atoms with Gasteiger partial charge in [-0.15, -0.1) is 5.10 Å². The van der Waals surface area contributed by atoms with Gasteiger partial charge in [-0.1, -0.05) is 41.6 Å². The zero-order chi connectivity index (χ0) is 18.9. The van der Waals surface area contributed by atoms with Gasteiger partial charge in [-0.3, -0.25) is 4.79 Å². The molecule has 4 heterocycles. The molecule has 28 heavy (non-hydrogen) atoms. The Hall–Kier alpha value is -3.03. The van der Waals surface area contributed by atoms with E-state index in [0.29, 0.717) is 19.7 Å². The summed E-state index contributed by atoms with van der Waals surface area (Å²) in [4.78, 5) is 14.5. The second kappa shape index (κ2) is 7.18. The average Bonchev–Trinajstić information content (AvgIpc) is 3.43. The smallest absolute Gasteiger partial charge is 0.254 e. The second-order valence-corrected chi connectivity index (χ2v) is 7.49. The Balaban J connectivity index is 1.42. The maximum atomic E-state index is 12.7. The summed E-state index contributed by atoms with van der Waals surface area (Å²) in [6.45, 7) is 1.55. The second-order valence-electron chi connectivity index (χ2n) is 6.71. The van der Waals surface area contributed by atoms with Crippen LogP contribution in [-0.2, 0) is 4.74 Å². The first kappa shape index (κ1) is 17.1. The van der Waals surface area contributed by atoms with E-state index in [1.165, 1.54) is 11.3 Å². The van der Waals surface area contributed by atoms with Crippen LogP contribution in [0.1, 0.15) is 22.2 Å². The summed E-state index contributed by atoms with van der Waals surface area (Å²) < 4.78 is 7.71. The van der Waals surface area contributed by atoms with Gasteiger partial charge in [-0.2, -0.15) is 11.3 Å². The van der Waals surface area contributed by atoms with Gasteiger partial charge >= 0.3 is 0 Å². The highest BCUT2D eigenvalue weighted by Gasteiger charge is 2.29. The van der Waals surface area contributed by atoms with Crippen LogP contribution >= 0.6 is 11.3 Å². The van der Waals surface area contributed by atoms with Gasteiger partial charge in [0.05, 0.1) is 24.2 Å². The molecule has 3 aromatic heterocycles. The van der Waals surface area contributed by atoms with E-state index in [9.17, 15) is 4.79 Å². The SMILES string of the molecule is O=C(c1ccsc1)N1CCOC(c2nnn3cc(-c4ccccc4)ccc23)C1. The number of carbonyl (C=O) groups is 1. The van der Waals surface area contributed by atoms with Gasteiger partial charge in [-0.25, -0.2) is 4.52 Å². The molecule has 0 saturated carbocycles. The number of benzene rings is 1. The number of thiophene rings is 1. The van der Waals surface area contributed by atoms with Gasteiger partial charge in [0.1, 0.15) is 11.8 Å². The van der Waals surface area contributed by atoms with Crippen LogP contribution in [-0.4, -0.2) is 45.3 Å². The maximum Gasteiger partial charge on any atom is 0.254 e. The molecule has 1 amide bonds. The molecule has 1 atom stereocenters. The number of aromatic nitrogens is 3. The predicted molar refractivity (Wildman–Crippen MR) is 107 cm³/mol. The van der Waals surface area contributed by atoms with Crippen molar-refractivity contribution in [3.63, 3.8) is 0 Å². The van der Waals surface area contributed by atoms with E-state index in [1.54, 1.807) is 4.52 Å². The van der Waals surface area contributed by atoms with E-state index in [2.05, 4.69) is 28.5 Å². The highest BCUT2D eigenvalue weighted by atomic mass is 32.1. The molecule has 5 rings (SSSR count). The molecule has 0 N–H and O–H groups in total. The first-order valence-corrected chi connectivity index (χ1v) is 10.1. The van der Waals surface area contributed by atoms with E-state index in [0.717, 1.165) is 27.9 Å². The Morgan fingerprint density at radius 1 is 1.11 bits per heavy atom. The average molecular weight is 390 g/mol. The van der Waals surface area contributed by atoms with Gasteiger partial charge in [0.25, 0.3) is 5.91 Å². The van der Waals surface area contributed by atoms with Crippen molar-refractivity contribution in [1.29, 1.82) is 0 Å². The summed E-state index contributed by atoms with van der Waals surface area (Å²) in [6, 6.07) is 16.1. The van der Waals surface area contributed by atoms with E-state index < -0.39 is 0 Å². The third-order valence-corrected chi connectivity index (χ3v) is 5.66. The lowest BCUT2D eigenvalue weighted by atomic mass is 10.1.